The Morgan fingerprint density at radius 1 is 0.739 bits per heavy atom. The van der Waals surface area contributed by atoms with Crippen LogP contribution in [0.4, 0.5) is 0 Å². The fourth-order valence-electron chi connectivity index (χ4n) is 2.40. The molecule has 0 saturated carbocycles. The highest BCUT2D eigenvalue weighted by atomic mass is 16.3. The third kappa shape index (κ3) is 2.90. The van der Waals surface area contributed by atoms with Gasteiger partial charge in [-0.25, -0.2) is 4.98 Å². The van der Waals surface area contributed by atoms with Crippen molar-refractivity contribution in [3.63, 3.8) is 0 Å². The predicted molar refractivity (Wildman–Crippen MR) is 92.6 cm³/mol. The molecule has 0 aliphatic heterocycles. The number of oxazole rings is 1. The van der Waals surface area contributed by atoms with Crippen LogP contribution in [0.5, 0.6) is 0 Å². The standard InChI is InChI=1S/C20H14N2O/c1-2-4-19-18(3-1)22-20(23-19)17-9-7-15(8-10-17)5-6-16-11-13-21-14-12-16/h1-14H. The average molecular weight is 298 g/mol. The molecule has 2 heterocycles. The Morgan fingerprint density at radius 2 is 1.43 bits per heavy atom. The highest BCUT2D eigenvalue weighted by Crippen LogP contribution is 2.24. The summed E-state index contributed by atoms with van der Waals surface area (Å²) < 4.78 is 5.79. The molecule has 0 fully saturated rings. The molecule has 0 amide bonds. The highest BCUT2D eigenvalue weighted by Gasteiger charge is 2.06. The van der Waals surface area contributed by atoms with Crippen LogP contribution in [0.1, 0.15) is 11.1 Å². The number of pyridine rings is 1. The Labute approximate surface area is 134 Å². The molecule has 0 bridgehead atoms. The molecule has 2 aromatic carbocycles. The van der Waals surface area contributed by atoms with Crippen LogP contribution in [0.15, 0.2) is 77.5 Å². The molecule has 4 rings (SSSR count). The van der Waals surface area contributed by atoms with E-state index >= 15 is 0 Å². The Bertz CT molecular complexity index is 921. The summed E-state index contributed by atoms with van der Waals surface area (Å²) in [6.07, 6.45) is 7.72. The Balaban J connectivity index is 1.59. The van der Waals surface area contributed by atoms with Crippen molar-refractivity contribution in [3.8, 4) is 11.5 Å². The summed E-state index contributed by atoms with van der Waals surface area (Å²) in [7, 11) is 0. The van der Waals surface area contributed by atoms with Crippen LogP contribution in [-0.2, 0) is 0 Å². The number of nitrogens with zero attached hydrogens (tertiary/aromatic N) is 2. The molecular weight excluding hydrogens is 284 g/mol. The maximum atomic E-state index is 5.79. The molecule has 4 aromatic rings. The van der Waals surface area contributed by atoms with Crippen molar-refractivity contribution in [1.29, 1.82) is 0 Å². The first-order valence-electron chi connectivity index (χ1n) is 7.43. The second kappa shape index (κ2) is 5.89. The first kappa shape index (κ1) is 13.5. The van der Waals surface area contributed by atoms with Crippen LogP contribution in [0.25, 0.3) is 34.7 Å². The van der Waals surface area contributed by atoms with E-state index in [1.165, 1.54) is 0 Å². The summed E-state index contributed by atoms with van der Waals surface area (Å²) in [6.45, 7) is 0. The Morgan fingerprint density at radius 3 is 2.17 bits per heavy atom. The molecular formula is C20H14N2O. The van der Waals surface area contributed by atoms with Crippen molar-refractivity contribution in [2.75, 3.05) is 0 Å². The van der Waals surface area contributed by atoms with Crippen LogP contribution in [0.2, 0.25) is 0 Å². The summed E-state index contributed by atoms with van der Waals surface area (Å²) in [6, 6.07) is 19.9. The van der Waals surface area contributed by atoms with E-state index in [0.29, 0.717) is 5.89 Å². The van der Waals surface area contributed by atoms with Gasteiger partial charge < -0.3 is 4.42 Å². The number of hydrogen-bond donors (Lipinski definition) is 0. The quantitative estimate of drug-likeness (QED) is 0.530. The van der Waals surface area contributed by atoms with Crippen LogP contribution in [0.3, 0.4) is 0 Å². The van der Waals surface area contributed by atoms with Gasteiger partial charge in [0, 0.05) is 18.0 Å². The monoisotopic (exact) mass is 298 g/mol. The van der Waals surface area contributed by atoms with Gasteiger partial charge in [0.25, 0.3) is 0 Å². The van der Waals surface area contributed by atoms with Crippen molar-refractivity contribution in [2.24, 2.45) is 0 Å². The summed E-state index contributed by atoms with van der Waals surface area (Å²) in [5.74, 6) is 0.649. The van der Waals surface area contributed by atoms with Gasteiger partial charge in [-0.05, 0) is 47.5 Å². The maximum Gasteiger partial charge on any atom is 0.227 e. The van der Waals surface area contributed by atoms with Gasteiger partial charge in [0.1, 0.15) is 5.52 Å². The zero-order valence-electron chi connectivity index (χ0n) is 12.4. The number of hydrogen-bond acceptors (Lipinski definition) is 3. The largest absolute Gasteiger partial charge is 0.436 e. The van der Waals surface area contributed by atoms with Gasteiger partial charge in [-0.2, -0.15) is 0 Å². The SMILES string of the molecule is C(=Cc1ccc(-c2nc3ccccc3o2)cc1)c1ccncc1. The van der Waals surface area contributed by atoms with Gasteiger partial charge in [-0.15, -0.1) is 0 Å². The molecule has 3 heteroatoms. The molecule has 0 N–H and O–H groups in total. The topological polar surface area (TPSA) is 38.9 Å². The molecule has 110 valence electrons. The third-order valence-corrected chi connectivity index (χ3v) is 3.63. The minimum Gasteiger partial charge on any atom is -0.436 e. The van der Waals surface area contributed by atoms with Gasteiger partial charge in [-0.3, -0.25) is 4.98 Å². The fraction of sp³-hybridized carbons (Fsp3) is 0. The number of rotatable bonds is 3. The molecule has 0 spiro atoms. The second-order valence-corrected chi connectivity index (χ2v) is 5.22. The van der Waals surface area contributed by atoms with Gasteiger partial charge in [0.15, 0.2) is 5.58 Å². The van der Waals surface area contributed by atoms with Crippen molar-refractivity contribution < 1.29 is 4.42 Å². The zero-order valence-corrected chi connectivity index (χ0v) is 12.4. The predicted octanol–water partition coefficient (Wildman–Crippen LogP) is 5.06. The first-order chi connectivity index (χ1) is 11.4. The van der Waals surface area contributed by atoms with Gasteiger partial charge in [-0.1, -0.05) is 36.4 Å². The molecule has 0 aliphatic carbocycles. The number of benzene rings is 2. The van der Waals surface area contributed by atoms with E-state index in [2.05, 4.69) is 34.3 Å². The molecule has 0 aliphatic rings. The van der Waals surface area contributed by atoms with Gasteiger partial charge in [0.05, 0.1) is 0 Å². The van der Waals surface area contributed by atoms with E-state index < -0.39 is 0 Å². The summed E-state index contributed by atoms with van der Waals surface area (Å²) >= 11 is 0. The van der Waals surface area contributed by atoms with Crippen molar-refractivity contribution >= 4 is 23.3 Å². The molecule has 0 atom stereocenters. The lowest BCUT2D eigenvalue weighted by Crippen LogP contribution is -1.78. The van der Waals surface area contributed by atoms with Crippen molar-refractivity contribution in [1.82, 2.24) is 9.97 Å². The van der Waals surface area contributed by atoms with Crippen LogP contribution in [-0.4, -0.2) is 9.97 Å². The fourth-order valence-corrected chi connectivity index (χ4v) is 2.40. The maximum absolute atomic E-state index is 5.79. The first-order valence-corrected chi connectivity index (χ1v) is 7.43. The van der Waals surface area contributed by atoms with Crippen LogP contribution in [0, 0.1) is 0 Å². The third-order valence-electron chi connectivity index (χ3n) is 3.63. The number of aromatic nitrogens is 2. The van der Waals surface area contributed by atoms with E-state index in [9.17, 15) is 0 Å². The lowest BCUT2D eigenvalue weighted by Gasteiger charge is -1.97. The smallest absolute Gasteiger partial charge is 0.227 e. The lowest BCUT2D eigenvalue weighted by atomic mass is 10.1. The zero-order chi connectivity index (χ0) is 15.5. The Hall–Kier alpha value is -3.20. The van der Waals surface area contributed by atoms with E-state index in [1.807, 2.05) is 48.5 Å². The van der Waals surface area contributed by atoms with E-state index in [4.69, 9.17) is 4.42 Å². The lowest BCUT2D eigenvalue weighted by molar-refractivity contribution is 0.620. The normalized spacial score (nSPS) is 11.3. The minimum atomic E-state index is 0.649. The number of para-hydroxylation sites is 2. The van der Waals surface area contributed by atoms with Crippen molar-refractivity contribution in [2.45, 2.75) is 0 Å². The molecule has 23 heavy (non-hydrogen) atoms. The summed E-state index contributed by atoms with van der Waals surface area (Å²) in [5, 5.41) is 0. The van der Waals surface area contributed by atoms with Crippen molar-refractivity contribution in [3.05, 3.63) is 84.2 Å². The average Bonchev–Trinajstić information content (AvgIpc) is 3.05. The molecule has 2 aromatic heterocycles. The van der Waals surface area contributed by atoms with Crippen LogP contribution < -0.4 is 0 Å². The van der Waals surface area contributed by atoms with Crippen LogP contribution >= 0.6 is 0 Å². The number of fused-ring (bicyclic) bond motifs is 1. The minimum absolute atomic E-state index is 0.649. The molecule has 3 nitrogen and oxygen atoms in total. The summed E-state index contributed by atoms with van der Waals surface area (Å²) in [4.78, 5) is 8.53. The summed E-state index contributed by atoms with van der Waals surface area (Å²) in [5.41, 5.74) is 4.92. The van der Waals surface area contributed by atoms with E-state index in [1.54, 1.807) is 12.4 Å². The Kier molecular flexibility index (Phi) is 3.45. The molecule has 0 radical (unpaired) electrons. The second-order valence-electron chi connectivity index (χ2n) is 5.22. The highest BCUT2D eigenvalue weighted by molar-refractivity contribution is 5.76. The molecule has 0 saturated heterocycles. The van der Waals surface area contributed by atoms with Gasteiger partial charge >= 0.3 is 0 Å². The van der Waals surface area contributed by atoms with E-state index in [-0.39, 0.29) is 0 Å². The van der Waals surface area contributed by atoms with Gasteiger partial charge in [0.2, 0.25) is 5.89 Å². The molecule has 0 unspecified atom stereocenters. The van der Waals surface area contributed by atoms with E-state index in [0.717, 1.165) is 27.8 Å².